The lowest BCUT2D eigenvalue weighted by atomic mass is 9.81. The summed E-state index contributed by atoms with van der Waals surface area (Å²) in [5.41, 5.74) is 4.68. The normalized spacial score (nSPS) is 14.0. The molecule has 0 bridgehead atoms. The van der Waals surface area contributed by atoms with E-state index in [-0.39, 0.29) is 17.3 Å². The van der Waals surface area contributed by atoms with Crippen molar-refractivity contribution in [3.8, 4) is 0 Å². The second kappa shape index (κ2) is 4.29. The number of halogens is 1. The van der Waals surface area contributed by atoms with Gasteiger partial charge >= 0.3 is 0 Å². The molecule has 0 spiro atoms. The molecular formula is C12H19FN2. The molecule has 0 radical (unpaired) electrons. The molecule has 2 nitrogen and oxygen atoms in total. The first-order valence-electron chi connectivity index (χ1n) is 5.08. The Labute approximate surface area is 90.6 Å². The Bertz CT molecular complexity index is 342. The van der Waals surface area contributed by atoms with Crippen LogP contribution in [0.2, 0.25) is 0 Å². The van der Waals surface area contributed by atoms with Crippen LogP contribution in [0.15, 0.2) is 18.2 Å². The number of nitrogens with two attached hydrogens (primary N) is 1. The van der Waals surface area contributed by atoms with Crippen molar-refractivity contribution in [1.29, 1.82) is 0 Å². The van der Waals surface area contributed by atoms with Crippen LogP contribution in [-0.2, 0) is 0 Å². The lowest BCUT2D eigenvalue weighted by molar-refractivity contribution is 0.274. The van der Waals surface area contributed by atoms with Crippen molar-refractivity contribution in [3.05, 3.63) is 35.1 Å². The van der Waals surface area contributed by atoms with E-state index in [1.54, 1.807) is 12.1 Å². The molecule has 0 aromatic heterocycles. The summed E-state index contributed by atoms with van der Waals surface area (Å²) in [6, 6.07) is 4.74. The summed E-state index contributed by atoms with van der Waals surface area (Å²) in [7, 11) is 0. The number of rotatable bonds is 2. The molecule has 3 N–H and O–H groups in total. The highest BCUT2D eigenvalue weighted by Crippen LogP contribution is 2.33. The third-order valence-corrected chi connectivity index (χ3v) is 2.58. The van der Waals surface area contributed by atoms with E-state index in [1.807, 2.05) is 6.92 Å². The number of nitrogens with one attached hydrogen (secondary N) is 1. The first kappa shape index (κ1) is 12.1. The van der Waals surface area contributed by atoms with E-state index in [0.29, 0.717) is 0 Å². The summed E-state index contributed by atoms with van der Waals surface area (Å²) >= 11 is 0. The van der Waals surface area contributed by atoms with Gasteiger partial charge in [0.05, 0.1) is 6.04 Å². The quantitative estimate of drug-likeness (QED) is 0.582. The lowest BCUT2D eigenvalue weighted by Crippen LogP contribution is -2.37. The maximum atomic E-state index is 13.2. The van der Waals surface area contributed by atoms with Crippen molar-refractivity contribution < 1.29 is 4.39 Å². The zero-order chi connectivity index (χ0) is 11.6. The molecule has 0 aliphatic carbocycles. The largest absolute Gasteiger partial charge is 0.271 e. The maximum absolute atomic E-state index is 13.2. The van der Waals surface area contributed by atoms with E-state index in [1.165, 1.54) is 6.07 Å². The minimum Gasteiger partial charge on any atom is -0.271 e. The number of benzene rings is 1. The molecule has 0 amide bonds. The van der Waals surface area contributed by atoms with Crippen LogP contribution in [0.4, 0.5) is 4.39 Å². The van der Waals surface area contributed by atoms with Gasteiger partial charge in [-0.25, -0.2) is 4.39 Å². The van der Waals surface area contributed by atoms with Gasteiger partial charge in [-0.15, -0.1) is 0 Å². The Morgan fingerprint density at radius 3 is 2.40 bits per heavy atom. The first-order valence-corrected chi connectivity index (χ1v) is 5.08. The van der Waals surface area contributed by atoms with Crippen LogP contribution in [0.5, 0.6) is 0 Å². The monoisotopic (exact) mass is 210 g/mol. The molecule has 84 valence electrons. The predicted molar refractivity (Wildman–Crippen MR) is 60.7 cm³/mol. The molecule has 0 saturated heterocycles. The molecule has 1 aromatic carbocycles. The highest BCUT2D eigenvalue weighted by molar-refractivity contribution is 5.30. The van der Waals surface area contributed by atoms with E-state index in [0.717, 1.165) is 11.1 Å². The summed E-state index contributed by atoms with van der Waals surface area (Å²) < 4.78 is 13.2. The van der Waals surface area contributed by atoms with Gasteiger partial charge < -0.3 is 0 Å². The van der Waals surface area contributed by atoms with Crippen LogP contribution < -0.4 is 11.3 Å². The fourth-order valence-corrected chi connectivity index (χ4v) is 1.73. The summed E-state index contributed by atoms with van der Waals surface area (Å²) in [5, 5.41) is 0. The average Bonchev–Trinajstić information content (AvgIpc) is 2.10. The second-order valence-electron chi connectivity index (χ2n) is 4.97. The molecule has 1 rings (SSSR count). The van der Waals surface area contributed by atoms with Crippen LogP contribution in [0.1, 0.15) is 37.9 Å². The van der Waals surface area contributed by atoms with Gasteiger partial charge in [-0.2, -0.15) is 0 Å². The molecule has 3 heteroatoms. The molecule has 15 heavy (non-hydrogen) atoms. The summed E-state index contributed by atoms with van der Waals surface area (Å²) in [6.45, 7) is 8.18. The van der Waals surface area contributed by atoms with E-state index < -0.39 is 0 Å². The third kappa shape index (κ3) is 2.76. The van der Waals surface area contributed by atoms with Crippen molar-refractivity contribution in [2.45, 2.75) is 33.7 Å². The van der Waals surface area contributed by atoms with Crippen molar-refractivity contribution in [3.63, 3.8) is 0 Å². The number of hydrogen-bond acceptors (Lipinski definition) is 2. The highest BCUT2D eigenvalue weighted by atomic mass is 19.1. The van der Waals surface area contributed by atoms with Crippen LogP contribution in [0.3, 0.4) is 0 Å². The van der Waals surface area contributed by atoms with Gasteiger partial charge in [0.2, 0.25) is 0 Å². The molecular weight excluding hydrogens is 191 g/mol. The molecule has 0 heterocycles. The maximum Gasteiger partial charge on any atom is 0.123 e. The van der Waals surface area contributed by atoms with Crippen LogP contribution in [-0.4, -0.2) is 0 Å². The second-order valence-corrected chi connectivity index (χ2v) is 4.97. The van der Waals surface area contributed by atoms with Crippen molar-refractivity contribution >= 4 is 0 Å². The topological polar surface area (TPSA) is 38.0 Å². The molecule has 1 atom stereocenters. The van der Waals surface area contributed by atoms with Crippen LogP contribution in [0.25, 0.3) is 0 Å². The van der Waals surface area contributed by atoms with E-state index in [9.17, 15) is 4.39 Å². The van der Waals surface area contributed by atoms with Gasteiger partial charge in [-0.1, -0.05) is 26.8 Å². The van der Waals surface area contributed by atoms with Crippen molar-refractivity contribution in [1.82, 2.24) is 5.43 Å². The molecule has 0 saturated carbocycles. The molecule has 0 aliphatic heterocycles. The zero-order valence-corrected chi connectivity index (χ0v) is 9.76. The third-order valence-electron chi connectivity index (χ3n) is 2.58. The van der Waals surface area contributed by atoms with Gasteiger partial charge in [-0.05, 0) is 35.6 Å². The van der Waals surface area contributed by atoms with E-state index >= 15 is 0 Å². The van der Waals surface area contributed by atoms with Gasteiger partial charge in [0.25, 0.3) is 0 Å². The number of hydrogen-bond donors (Lipinski definition) is 2. The Morgan fingerprint density at radius 2 is 1.93 bits per heavy atom. The highest BCUT2D eigenvalue weighted by Gasteiger charge is 2.26. The Kier molecular flexibility index (Phi) is 3.47. The van der Waals surface area contributed by atoms with Crippen LogP contribution in [0, 0.1) is 18.2 Å². The number of aryl methyl sites for hydroxylation is 1. The van der Waals surface area contributed by atoms with Gasteiger partial charge in [-0.3, -0.25) is 11.3 Å². The van der Waals surface area contributed by atoms with Gasteiger partial charge in [0, 0.05) is 0 Å². The van der Waals surface area contributed by atoms with Crippen molar-refractivity contribution in [2.24, 2.45) is 11.3 Å². The fraction of sp³-hybridized carbons (Fsp3) is 0.500. The predicted octanol–water partition coefficient (Wildman–Crippen LogP) is 2.68. The average molecular weight is 210 g/mol. The van der Waals surface area contributed by atoms with Gasteiger partial charge in [0.1, 0.15) is 5.82 Å². The Hall–Kier alpha value is -0.930. The Balaban J connectivity index is 3.18. The zero-order valence-electron chi connectivity index (χ0n) is 9.76. The summed E-state index contributed by atoms with van der Waals surface area (Å²) in [5.74, 6) is 5.32. The lowest BCUT2D eigenvalue weighted by Gasteiger charge is -2.31. The Morgan fingerprint density at radius 1 is 1.33 bits per heavy atom. The molecule has 1 unspecified atom stereocenters. The minimum absolute atomic E-state index is 0.0480. The summed E-state index contributed by atoms with van der Waals surface area (Å²) in [4.78, 5) is 0. The van der Waals surface area contributed by atoms with Crippen LogP contribution >= 0.6 is 0 Å². The summed E-state index contributed by atoms with van der Waals surface area (Å²) in [6.07, 6.45) is 0. The standard InChI is InChI=1S/C12H19FN2/c1-8-5-6-9(13)7-10(8)11(15-14)12(2,3)4/h5-7,11,15H,14H2,1-4H3. The fourth-order valence-electron chi connectivity index (χ4n) is 1.73. The van der Waals surface area contributed by atoms with Gasteiger partial charge in [0.15, 0.2) is 0 Å². The molecule has 0 aliphatic rings. The SMILES string of the molecule is Cc1ccc(F)cc1C(NN)C(C)(C)C. The smallest absolute Gasteiger partial charge is 0.123 e. The number of hydrazine groups is 1. The minimum atomic E-state index is -0.222. The van der Waals surface area contributed by atoms with E-state index in [4.69, 9.17) is 5.84 Å². The van der Waals surface area contributed by atoms with Crippen molar-refractivity contribution in [2.75, 3.05) is 0 Å². The van der Waals surface area contributed by atoms with E-state index in [2.05, 4.69) is 26.2 Å². The first-order chi connectivity index (χ1) is 6.86. The molecule has 0 fully saturated rings. The molecule has 1 aromatic rings.